The number of sulfone groups is 1. The molecule has 0 bridgehead atoms. The number of hydrogen-bond acceptors (Lipinski definition) is 12. The highest BCUT2D eigenvalue weighted by molar-refractivity contribution is 7.90. The van der Waals surface area contributed by atoms with Crippen LogP contribution >= 0.6 is 0 Å². The number of nitrogens with one attached hydrogen (secondary N) is 3. The monoisotopic (exact) mass is 802 g/mol. The molecular weight excluding hydrogens is 763 g/mol. The summed E-state index contributed by atoms with van der Waals surface area (Å²) in [5.74, 6) is -1.83. The maximum Gasteiger partial charge on any atom is 0.292 e. The predicted molar refractivity (Wildman–Crippen MR) is 204 cm³/mol. The van der Waals surface area contributed by atoms with E-state index >= 15 is 0 Å². The Bertz CT molecular complexity index is 2610. The van der Waals surface area contributed by atoms with E-state index in [4.69, 9.17) is 4.98 Å². The number of hydrogen-bond donors (Lipinski definition) is 3. The van der Waals surface area contributed by atoms with E-state index in [-0.39, 0.29) is 36.1 Å². The second kappa shape index (κ2) is 13.9. The van der Waals surface area contributed by atoms with Crippen molar-refractivity contribution in [3.8, 4) is 0 Å². The summed E-state index contributed by atoms with van der Waals surface area (Å²) in [6.07, 6.45) is 11.7. The molecule has 2 amide bonds. The number of fused-ring (bicyclic) bond motifs is 4. The molecule has 1 saturated carbocycles. The molecule has 57 heavy (non-hydrogen) atoms. The summed E-state index contributed by atoms with van der Waals surface area (Å²) in [5.41, 5.74) is 1.50. The number of alkyl halides is 2. The number of aryl methyl sites for hydroxylation is 2. The third-order valence-electron chi connectivity index (χ3n) is 11.1. The van der Waals surface area contributed by atoms with Gasteiger partial charge in [-0.15, -0.1) is 0 Å². The fraction of sp³-hybridized carbons (Fsp3) is 0.444. The number of hydrazine groups is 1. The van der Waals surface area contributed by atoms with E-state index in [2.05, 4.69) is 45.1 Å². The van der Waals surface area contributed by atoms with Crippen LogP contribution in [0.15, 0.2) is 49.6 Å². The highest BCUT2D eigenvalue weighted by Crippen LogP contribution is 2.44. The number of halogens is 2. The van der Waals surface area contributed by atoms with Gasteiger partial charge in [0.1, 0.15) is 62.6 Å². The van der Waals surface area contributed by atoms with Crippen molar-refractivity contribution >= 4 is 55.4 Å². The quantitative estimate of drug-likeness (QED) is 0.162. The summed E-state index contributed by atoms with van der Waals surface area (Å²) >= 11 is 0. The van der Waals surface area contributed by atoms with Crippen molar-refractivity contribution in [2.24, 2.45) is 0 Å². The van der Waals surface area contributed by atoms with Crippen molar-refractivity contribution in [3.63, 3.8) is 0 Å². The van der Waals surface area contributed by atoms with E-state index in [0.717, 1.165) is 29.5 Å². The van der Waals surface area contributed by atoms with E-state index < -0.39 is 52.5 Å². The van der Waals surface area contributed by atoms with Gasteiger partial charge in [-0.1, -0.05) is 0 Å². The van der Waals surface area contributed by atoms with Crippen LogP contribution in [0.25, 0.3) is 22.1 Å². The van der Waals surface area contributed by atoms with Crippen LogP contribution in [-0.4, -0.2) is 124 Å². The van der Waals surface area contributed by atoms with Crippen molar-refractivity contribution in [2.75, 3.05) is 35.5 Å². The number of amides is 2. The molecule has 6 aromatic heterocycles. The average molecular weight is 803 g/mol. The fourth-order valence-corrected chi connectivity index (χ4v) is 8.65. The van der Waals surface area contributed by atoms with Crippen LogP contribution in [0, 0.1) is 0 Å². The molecule has 18 nitrogen and oxygen atoms in total. The van der Waals surface area contributed by atoms with Crippen LogP contribution in [0.4, 0.5) is 20.4 Å². The number of anilines is 2. The lowest BCUT2D eigenvalue weighted by atomic mass is 9.87. The van der Waals surface area contributed by atoms with Gasteiger partial charge in [-0.05, 0) is 25.0 Å². The molecule has 3 N–H and O–H groups in total. The lowest BCUT2D eigenvalue weighted by Gasteiger charge is -2.50. The van der Waals surface area contributed by atoms with Crippen molar-refractivity contribution in [3.05, 3.63) is 72.6 Å². The molecule has 2 atom stereocenters. The Labute approximate surface area is 324 Å². The van der Waals surface area contributed by atoms with Gasteiger partial charge in [-0.3, -0.25) is 14.6 Å². The topological polar surface area (TPSA) is 209 Å². The van der Waals surface area contributed by atoms with Crippen LogP contribution in [0.3, 0.4) is 0 Å². The normalized spacial score (nSPS) is 19.2. The standard InChI is InChI=1S/C36H40F2N14O4S/c1-48(32-24-3-7-39-30(24)42-19-44-32)21-5-10-50-18-27(47-28(50)13-21)35(54)52(23-15-36(37,38)16-23)51(33-25-4-8-40-31(25)43-20-45-33)22-6-11-49-17-26(46-29(49)14-22)34(53)41-9-12-57(2,55)56/h3-4,7-8,17-23H,5-6,9-16H2,1-2H3,(H,41,53)(H,39,42,44)(H,40,43,45). The van der Waals surface area contributed by atoms with Gasteiger partial charge in [0.15, 0.2) is 5.82 Å². The third-order valence-corrected chi connectivity index (χ3v) is 12.1. The SMILES string of the molecule is CN(c1ncnc2[nH]ccc12)C1CCn2cc(C(=O)N(C3CC(F)(F)C3)N(c3ncnc4[nH]ccc34)C3CCn4cc(C(=O)NCCS(C)(=O)=O)nc4C3)nc2C1. The predicted octanol–water partition coefficient (Wildman–Crippen LogP) is 2.52. The van der Waals surface area contributed by atoms with E-state index in [1.807, 2.05) is 28.4 Å². The number of carbonyl (C=O) groups excluding carboxylic acids is 2. The molecule has 0 saturated heterocycles. The Hall–Kier alpha value is -5.99. The second-order valence-electron chi connectivity index (χ2n) is 15.0. The van der Waals surface area contributed by atoms with Crippen molar-refractivity contribution in [1.82, 2.24) is 59.3 Å². The van der Waals surface area contributed by atoms with Crippen molar-refractivity contribution in [2.45, 2.75) is 75.7 Å². The Morgan fingerprint density at radius 3 is 2.09 bits per heavy atom. The zero-order valence-electron chi connectivity index (χ0n) is 31.1. The largest absolute Gasteiger partial charge is 0.356 e. The maximum atomic E-state index is 15.0. The van der Waals surface area contributed by atoms with E-state index in [1.165, 1.54) is 17.7 Å². The van der Waals surface area contributed by atoms with Crippen molar-refractivity contribution in [1.29, 1.82) is 0 Å². The number of carbonyl (C=O) groups is 2. The van der Waals surface area contributed by atoms with Crippen LogP contribution in [0.5, 0.6) is 0 Å². The van der Waals surface area contributed by atoms with E-state index in [9.17, 15) is 26.8 Å². The van der Waals surface area contributed by atoms with Gasteiger partial charge in [0.25, 0.3) is 17.7 Å². The molecule has 9 rings (SSSR count). The number of likely N-dealkylation sites (N-methyl/N-ethyl adjacent to an activating group) is 1. The molecule has 298 valence electrons. The molecule has 21 heteroatoms. The first-order valence-electron chi connectivity index (χ1n) is 18.7. The smallest absolute Gasteiger partial charge is 0.292 e. The van der Waals surface area contributed by atoms with Gasteiger partial charge >= 0.3 is 0 Å². The van der Waals surface area contributed by atoms with Gasteiger partial charge < -0.3 is 29.3 Å². The van der Waals surface area contributed by atoms with Gasteiger partial charge in [-0.25, -0.2) is 52.1 Å². The molecule has 1 fully saturated rings. The summed E-state index contributed by atoms with van der Waals surface area (Å²) in [4.78, 5) is 63.5. The Morgan fingerprint density at radius 1 is 0.860 bits per heavy atom. The summed E-state index contributed by atoms with van der Waals surface area (Å²) in [5, 5.41) is 7.23. The summed E-state index contributed by atoms with van der Waals surface area (Å²) < 4.78 is 56.5. The number of H-pyrrole nitrogens is 2. The lowest BCUT2D eigenvalue weighted by Crippen LogP contribution is -2.63. The summed E-state index contributed by atoms with van der Waals surface area (Å²) in [6, 6.07) is 2.37. The molecule has 2 aliphatic heterocycles. The van der Waals surface area contributed by atoms with Crippen LogP contribution in [0.2, 0.25) is 0 Å². The zero-order chi connectivity index (χ0) is 39.6. The van der Waals surface area contributed by atoms with E-state index in [0.29, 0.717) is 54.4 Å². The maximum absolute atomic E-state index is 15.0. The molecule has 3 aliphatic rings. The van der Waals surface area contributed by atoms with Gasteiger partial charge in [0.2, 0.25) is 0 Å². The van der Waals surface area contributed by atoms with Gasteiger partial charge in [0.05, 0.1) is 28.6 Å². The highest BCUT2D eigenvalue weighted by Gasteiger charge is 2.53. The second-order valence-corrected chi connectivity index (χ2v) is 17.3. The first kappa shape index (κ1) is 36.6. The minimum atomic E-state index is -3.28. The minimum absolute atomic E-state index is 0.0225. The van der Waals surface area contributed by atoms with Crippen LogP contribution in [0.1, 0.15) is 58.3 Å². The molecule has 8 heterocycles. The zero-order valence-corrected chi connectivity index (χ0v) is 32.0. The third kappa shape index (κ3) is 6.93. The van der Waals surface area contributed by atoms with Gasteiger partial charge in [-0.2, -0.15) is 0 Å². The number of imidazole rings is 2. The van der Waals surface area contributed by atoms with Crippen molar-refractivity contribution < 1.29 is 26.8 Å². The van der Waals surface area contributed by atoms with Gasteiger partial charge in [0, 0.05) is 89.5 Å². The fourth-order valence-electron chi connectivity index (χ4n) is 8.18. The molecule has 6 aromatic rings. The Balaban J connectivity index is 1.04. The Morgan fingerprint density at radius 2 is 1.44 bits per heavy atom. The number of rotatable bonds is 11. The first-order chi connectivity index (χ1) is 27.3. The summed E-state index contributed by atoms with van der Waals surface area (Å²) in [6.45, 7) is 0.926. The lowest BCUT2D eigenvalue weighted by molar-refractivity contribution is -0.119. The average Bonchev–Trinajstić information content (AvgIpc) is 4.00. The molecule has 2 unspecified atom stereocenters. The Kier molecular flexibility index (Phi) is 8.93. The minimum Gasteiger partial charge on any atom is -0.356 e. The first-order valence-corrected chi connectivity index (χ1v) is 20.8. The van der Waals surface area contributed by atoms with E-state index in [1.54, 1.807) is 29.7 Å². The molecular formula is C36H40F2N14O4S. The molecule has 0 spiro atoms. The van der Waals surface area contributed by atoms with Crippen LogP contribution < -0.4 is 15.2 Å². The highest BCUT2D eigenvalue weighted by atomic mass is 32.2. The van der Waals surface area contributed by atoms with Crippen LogP contribution in [-0.2, 0) is 35.8 Å². The summed E-state index contributed by atoms with van der Waals surface area (Å²) in [7, 11) is -1.30. The molecule has 1 aliphatic carbocycles. The molecule has 0 aromatic carbocycles. The number of aromatic nitrogens is 10. The molecule has 0 radical (unpaired) electrons. The number of aromatic amines is 2. The number of nitrogens with zero attached hydrogens (tertiary/aromatic N) is 11.